The highest BCUT2D eigenvalue weighted by Crippen LogP contribution is 2.00. The average Bonchev–Trinajstić information content (AvgIpc) is 2.28. The minimum absolute atomic E-state index is 0.221. The van der Waals surface area contributed by atoms with Crippen molar-refractivity contribution in [2.45, 2.75) is 6.61 Å². The highest BCUT2D eigenvalue weighted by Gasteiger charge is 2.01. The second-order valence-electron chi connectivity index (χ2n) is 3.07. The highest BCUT2D eigenvalue weighted by molar-refractivity contribution is 5.71. The summed E-state index contributed by atoms with van der Waals surface area (Å²) in [5, 5.41) is 2.88. The standard InChI is InChI=1S/C12H15NO2/c1-2-8-13-9-12(14)15-10-11-6-4-3-5-7-11/h2-7,13H,1,8-10H2. The van der Waals surface area contributed by atoms with Crippen LogP contribution in [0.25, 0.3) is 0 Å². The van der Waals surface area contributed by atoms with Gasteiger partial charge < -0.3 is 10.1 Å². The molecule has 0 radical (unpaired) electrons. The van der Waals surface area contributed by atoms with Crippen molar-refractivity contribution < 1.29 is 9.53 Å². The van der Waals surface area contributed by atoms with E-state index in [4.69, 9.17) is 4.74 Å². The van der Waals surface area contributed by atoms with Gasteiger partial charge in [-0.15, -0.1) is 6.58 Å². The SMILES string of the molecule is C=CCNCC(=O)OCc1ccccc1. The van der Waals surface area contributed by atoms with Crippen molar-refractivity contribution in [2.75, 3.05) is 13.1 Å². The van der Waals surface area contributed by atoms with Crippen molar-refractivity contribution >= 4 is 5.97 Å². The van der Waals surface area contributed by atoms with Crippen LogP contribution in [-0.2, 0) is 16.1 Å². The first-order chi connectivity index (χ1) is 7.33. The Morgan fingerprint density at radius 1 is 1.40 bits per heavy atom. The first-order valence-corrected chi connectivity index (χ1v) is 4.84. The Labute approximate surface area is 89.8 Å². The fourth-order valence-electron chi connectivity index (χ4n) is 1.07. The third-order valence-electron chi connectivity index (χ3n) is 1.80. The zero-order valence-corrected chi connectivity index (χ0v) is 8.61. The molecular weight excluding hydrogens is 190 g/mol. The molecule has 0 spiro atoms. The molecule has 1 N–H and O–H groups in total. The maximum absolute atomic E-state index is 11.2. The molecule has 0 bridgehead atoms. The number of ether oxygens (including phenoxy) is 1. The molecule has 3 heteroatoms. The highest BCUT2D eigenvalue weighted by atomic mass is 16.5. The topological polar surface area (TPSA) is 38.3 Å². The lowest BCUT2D eigenvalue weighted by Gasteiger charge is -2.04. The van der Waals surface area contributed by atoms with Crippen LogP contribution >= 0.6 is 0 Å². The number of hydrogen-bond donors (Lipinski definition) is 1. The summed E-state index contributed by atoms with van der Waals surface area (Å²) in [7, 11) is 0. The van der Waals surface area contributed by atoms with E-state index in [9.17, 15) is 4.79 Å². The zero-order chi connectivity index (χ0) is 10.9. The lowest BCUT2D eigenvalue weighted by molar-refractivity contribution is -0.143. The molecule has 15 heavy (non-hydrogen) atoms. The molecular formula is C12H15NO2. The second-order valence-corrected chi connectivity index (χ2v) is 3.07. The maximum Gasteiger partial charge on any atom is 0.320 e. The molecule has 0 saturated heterocycles. The summed E-state index contributed by atoms with van der Waals surface area (Å²) in [6, 6.07) is 9.60. The predicted molar refractivity (Wildman–Crippen MR) is 59.3 cm³/mol. The molecule has 0 unspecified atom stereocenters. The molecule has 1 aromatic carbocycles. The molecule has 0 saturated carbocycles. The van der Waals surface area contributed by atoms with E-state index >= 15 is 0 Å². The van der Waals surface area contributed by atoms with Gasteiger partial charge >= 0.3 is 5.97 Å². The van der Waals surface area contributed by atoms with Crippen molar-refractivity contribution in [3.63, 3.8) is 0 Å². The van der Waals surface area contributed by atoms with Crippen LogP contribution in [0.1, 0.15) is 5.56 Å². The quantitative estimate of drug-likeness (QED) is 0.434. The van der Waals surface area contributed by atoms with Gasteiger partial charge in [0.2, 0.25) is 0 Å². The molecule has 1 aromatic rings. The molecule has 0 heterocycles. The van der Waals surface area contributed by atoms with Crippen LogP contribution in [0.5, 0.6) is 0 Å². The Hall–Kier alpha value is -1.61. The predicted octanol–water partition coefficient (Wildman–Crippen LogP) is 1.51. The zero-order valence-electron chi connectivity index (χ0n) is 8.61. The molecule has 0 aromatic heterocycles. The Morgan fingerprint density at radius 3 is 2.80 bits per heavy atom. The van der Waals surface area contributed by atoms with Crippen molar-refractivity contribution in [3.8, 4) is 0 Å². The Balaban J connectivity index is 2.20. The minimum atomic E-state index is -0.249. The normalized spacial score (nSPS) is 9.60. The summed E-state index contributed by atoms with van der Waals surface area (Å²) in [6.07, 6.45) is 1.70. The van der Waals surface area contributed by atoms with E-state index in [1.807, 2.05) is 30.3 Å². The lowest BCUT2D eigenvalue weighted by atomic mass is 10.2. The van der Waals surface area contributed by atoms with Gasteiger partial charge in [-0.3, -0.25) is 4.79 Å². The first kappa shape index (κ1) is 11.5. The largest absolute Gasteiger partial charge is 0.460 e. The van der Waals surface area contributed by atoms with Gasteiger partial charge in [0, 0.05) is 6.54 Å². The molecule has 0 fully saturated rings. The molecule has 80 valence electrons. The first-order valence-electron chi connectivity index (χ1n) is 4.84. The van der Waals surface area contributed by atoms with E-state index in [0.29, 0.717) is 13.2 Å². The van der Waals surface area contributed by atoms with Crippen LogP contribution in [0.15, 0.2) is 43.0 Å². The summed E-state index contributed by atoms with van der Waals surface area (Å²) in [5.74, 6) is -0.249. The number of esters is 1. The van der Waals surface area contributed by atoms with Gasteiger partial charge in [-0.1, -0.05) is 36.4 Å². The Kier molecular flexibility index (Phi) is 5.19. The molecule has 0 aliphatic heterocycles. The van der Waals surface area contributed by atoms with E-state index in [1.165, 1.54) is 0 Å². The van der Waals surface area contributed by atoms with Crippen LogP contribution < -0.4 is 5.32 Å². The van der Waals surface area contributed by atoms with Crippen LogP contribution in [0.3, 0.4) is 0 Å². The van der Waals surface area contributed by atoms with Gasteiger partial charge in [-0.2, -0.15) is 0 Å². The number of hydrogen-bond acceptors (Lipinski definition) is 3. The minimum Gasteiger partial charge on any atom is -0.460 e. The molecule has 3 nitrogen and oxygen atoms in total. The van der Waals surface area contributed by atoms with Crippen molar-refractivity contribution in [2.24, 2.45) is 0 Å². The smallest absolute Gasteiger partial charge is 0.320 e. The summed E-state index contributed by atoms with van der Waals surface area (Å²) < 4.78 is 5.04. The number of carbonyl (C=O) groups is 1. The molecule has 0 aliphatic carbocycles. The van der Waals surface area contributed by atoms with Gasteiger partial charge in [-0.05, 0) is 5.56 Å². The number of carbonyl (C=O) groups excluding carboxylic acids is 1. The maximum atomic E-state index is 11.2. The van der Waals surface area contributed by atoms with E-state index in [0.717, 1.165) is 5.56 Å². The fourth-order valence-corrected chi connectivity index (χ4v) is 1.07. The molecule has 0 atom stereocenters. The summed E-state index contributed by atoms with van der Waals surface area (Å²) in [4.78, 5) is 11.2. The van der Waals surface area contributed by atoms with Crippen molar-refractivity contribution in [1.29, 1.82) is 0 Å². The van der Waals surface area contributed by atoms with Gasteiger partial charge in [0.1, 0.15) is 6.61 Å². The summed E-state index contributed by atoms with van der Waals surface area (Å²) in [6.45, 7) is 4.70. The van der Waals surface area contributed by atoms with Gasteiger partial charge in [0.05, 0.1) is 6.54 Å². The van der Waals surface area contributed by atoms with Crippen LogP contribution in [0.2, 0.25) is 0 Å². The fraction of sp³-hybridized carbons (Fsp3) is 0.250. The third kappa shape index (κ3) is 4.98. The van der Waals surface area contributed by atoms with Gasteiger partial charge in [0.15, 0.2) is 0 Å². The molecule has 0 amide bonds. The van der Waals surface area contributed by atoms with Crippen LogP contribution in [0, 0.1) is 0 Å². The number of benzene rings is 1. The molecule has 1 rings (SSSR count). The summed E-state index contributed by atoms with van der Waals surface area (Å²) in [5.41, 5.74) is 0.995. The van der Waals surface area contributed by atoms with E-state index in [2.05, 4.69) is 11.9 Å². The number of rotatable bonds is 6. The van der Waals surface area contributed by atoms with E-state index in [-0.39, 0.29) is 12.5 Å². The van der Waals surface area contributed by atoms with E-state index in [1.54, 1.807) is 6.08 Å². The average molecular weight is 205 g/mol. The van der Waals surface area contributed by atoms with Crippen molar-refractivity contribution in [1.82, 2.24) is 5.32 Å². The van der Waals surface area contributed by atoms with Gasteiger partial charge in [-0.25, -0.2) is 0 Å². The van der Waals surface area contributed by atoms with Crippen LogP contribution in [0.4, 0.5) is 0 Å². The van der Waals surface area contributed by atoms with E-state index < -0.39 is 0 Å². The lowest BCUT2D eigenvalue weighted by Crippen LogP contribution is -2.24. The van der Waals surface area contributed by atoms with Crippen LogP contribution in [-0.4, -0.2) is 19.1 Å². The van der Waals surface area contributed by atoms with Crippen molar-refractivity contribution in [3.05, 3.63) is 48.6 Å². The molecule has 0 aliphatic rings. The second kappa shape index (κ2) is 6.79. The Bertz CT molecular complexity index is 309. The number of nitrogens with one attached hydrogen (secondary N) is 1. The summed E-state index contributed by atoms with van der Waals surface area (Å²) >= 11 is 0. The third-order valence-corrected chi connectivity index (χ3v) is 1.80. The monoisotopic (exact) mass is 205 g/mol. The Morgan fingerprint density at radius 2 is 2.13 bits per heavy atom. The van der Waals surface area contributed by atoms with Gasteiger partial charge in [0.25, 0.3) is 0 Å².